The fraction of sp³-hybridized carbons (Fsp3) is 0.923. The van der Waals surface area contributed by atoms with Gasteiger partial charge < -0.3 is 11.1 Å². The minimum absolute atomic E-state index is 0.115. The molecule has 0 heterocycles. The van der Waals surface area contributed by atoms with Gasteiger partial charge in [0.1, 0.15) is 0 Å². The fourth-order valence-electron chi connectivity index (χ4n) is 2.12. The fourth-order valence-corrected chi connectivity index (χ4v) is 2.12. The molecule has 1 amide bonds. The normalized spacial score (nSPS) is 17.5. The Morgan fingerprint density at radius 3 is 2.53 bits per heavy atom. The zero-order valence-electron chi connectivity index (χ0n) is 11.4. The van der Waals surface area contributed by atoms with Crippen LogP contribution in [0.4, 0.5) is 0 Å². The number of carbonyl (C=O) groups excluding carboxylic acids is 1. The second-order valence-electron chi connectivity index (χ2n) is 5.35. The van der Waals surface area contributed by atoms with Crippen LogP contribution in [0.3, 0.4) is 0 Å². The highest BCUT2D eigenvalue weighted by Gasteiger charge is 2.27. The molecule has 1 fully saturated rings. The van der Waals surface area contributed by atoms with E-state index in [0.717, 1.165) is 19.0 Å². The van der Waals surface area contributed by atoms with E-state index in [2.05, 4.69) is 17.1 Å². The highest BCUT2D eigenvalue weighted by molar-refractivity contribution is 5.76. The first kappa shape index (κ1) is 14.5. The van der Waals surface area contributed by atoms with Crippen molar-refractivity contribution in [2.24, 2.45) is 11.7 Å². The summed E-state index contributed by atoms with van der Waals surface area (Å²) in [6.07, 6.45) is 3.20. The lowest BCUT2D eigenvalue weighted by Crippen LogP contribution is -2.45. The minimum atomic E-state index is 0.115. The predicted octanol–water partition coefficient (Wildman–Crippen LogP) is 0.960. The van der Waals surface area contributed by atoms with Gasteiger partial charge in [0.2, 0.25) is 5.91 Å². The number of nitrogens with zero attached hydrogens (tertiary/aromatic N) is 1. The van der Waals surface area contributed by atoms with Gasteiger partial charge in [0, 0.05) is 31.6 Å². The molecule has 1 aliphatic rings. The summed E-state index contributed by atoms with van der Waals surface area (Å²) in [6.45, 7) is 8.76. The molecule has 0 aliphatic heterocycles. The summed E-state index contributed by atoms with van der Waals surface area (Å²) >= 11 is 0. The van der Waals surface area contributed by atoms with E-state index in [9.17, 15) is 4.79 Å². The Hall–Kier alpha value is -0.610. The van der Waals surface area contributed by atoms with Gasteiger partial charge in [0.05, 0.1) is 0 Å². The molecule has 0 aromatic heterocycles. The third-order valence-corrected chi connectivity index (χ3v) is 3.25. The van der Waals surface area contributed by atoms with Gasteiger partial charge in [-0.05, 0) is 39.2 Å². The van der Waals surface area contributed by atoms with E-state index in [-0.39, 0.29) is 18.0 Å². The molecule has 1 unspecified atom stereocenters. The molecule has 0 spiro atoms. The number of hydrogen-bond acceptors (Lipinski definition) is 3. The van der Waals surface area contributed by atoms with E-state index in [1.54, 1.807) is 0 Å². The number of likely N-dealkylation sites (N-methyl/N-ethyl adjacent to an activating group) is 1. The van der Waals surface area contributed by atoms with Crippen molar-refractivity contribution in [3.63, 3.8) is 0 Å². The quantitative estimate of drug-likeness (QED) is 0.665. The van der Waals surface area contributed by atoms with Gasteiger partial charge in [0.25, 0.3) is 0 Å². The molecule has 4 heteroatoms. The summed E-state index contributed by atoms with van der Waals surface area (Å²) in [5.74, 6) is 0.960. The monoisotopic (exact) mass is 241 g/mol. The molecular weight excluding hydrogens is 214 g/mol. The zero-order valence-corrected chi connectivity index (χ0v) is 11.4. The summed E-state index contributed by atoms with van der Waals surface area (Å²) in [4.78, 5) is 14.1. The van der Waals surface area contributed by atoms with Gasteiger partial charge in [-0.3, -0.25) is 9.69 Å². The van der Waals surface area contributed by atoms with Crippen molar-refractivity contribution < 1.29 is 4.79 Å². The van der Waals surface area contributed by atoms with Gasteiger partial charge in [-0.15, -0.1) is 0 Å². The van der Waals surface area contributed by atoms with Crippen molar-refractivity contribution in [1.29, 1.82) is 0 Å². The first-order chi connectivity index (χ1) is 8.06. The van der Waals surface area contributed by atoms with Crippen molar-refractivity contribution in [2.45, 2.75) is 52.1 Å². The van der Waals surface area contributed by atoms with Crippen LogP contribution >= 0.6 is 0 Å². The first-order valence-corrected chi connectivity index (χ1v) is 6.80. The molecule has 1 rings (SSSR count). The Morgan fingerprint density at radius 1 is 1.47 bits per heavy atom. The van der Waals surface area contributed by atoms with E-state index < -0.39 is 0 Å². The Kier molecular flexibility index (Phi) is 5.92. The van der Waals surface area contributed by atoms with Gasteiger partial charge in [-0.25, -0.2) is 0 Å². The Bertz CT molecular complexity index is 239. The number of nitrogens with one attached hydrogen (secondary N) is 1. The Balaban J connectivity index is 2.40. The standard InChI is InChI=1S/C13H27N3O/c1-4-16(9-11-5-6-11)12(8-14)7-13(17)15-10(2)3/h10-12H,4-9,14H2,1-3H3,(H,15,17). The molecule has 1 saturated carbocycles. The van der Waals surface area contributed by atoms with Crippen LogP contribution in [0.2, 0.25) is 0 Å². The smallest absolute Gasteiger partial charge is 0.221 e. The van der Waals surface area contributed by atoms with Gasteiger partial charge in [-0.1, -0.05) is 6.92 Å². The third-order valence-electron chi connectivity index (χ3n) is 3.25. The van der Waals surface area contributed by atoms with Gasteiger partial charge >= 0.3 is 0 Å². The van der Waals surface area contributed by atoms with Gasteiger partial charge in [0.15, 0.2) is 0 Å². The SMILES string of the molecule is CCN(CC1CC1)C(CN)CC(=O)NC(C)C. The molecular formula is C13H27N3O. The molecule has 100 valence electrons. The molecule has 0 aromatic carbocycles. The summed E-state index contributed by atoms with van der Waals surface area (Å²) in [5, 5.41) is 2.93. The number of amides is 1. The maximum Gasteiger partial charge on any atom is 0.221 e. The van der Waals surface area contributed by atoms with E-state index in [1.807, 2.05) is 13.8 Å². The molecule has 0 radical (unpaired) electrons. The molecule has 3 N–H and O–H groups in total. The number of carbonyl (C=O) groups is 1. The summed E-state index contributed by atoms with van der Waals surface area (Å²) in [6, 6.07) is 0.402. The number of nitrogens with two attached hydrogens (primary N) is 1. The van der Waals surface area contributed by atoms with Crippen LogP contribution in [-0.4, -0.2) is 42.5 Å². The van der Waals surface area contributed by atoms with Crippen LogP contribution in [0.25, 0.3) is 0 Å². The minimum Gasteiger partial charge on any atom is -0.354 e. The molecule has 4 nitrogen and oxygen atoms in total. The second-order valence-corrected chi connectivity index (χ2v) is 5.35. The number of hydrogen-bond donors (Lipinski definition) is 2. The zero-order chi connectivity index (χ0) is 12.8. The van der Waals surface area contributed by atoms with E-state index in [4.69, 9.17) is 5.73 Å². The predicted molar refractivity (Wildman–Crippen MR) is 70.7 cm³/mol. The lowest BCUT2D eigenvalue weighted by atomic mass is 10.1. The molecule has 0 bridgehead atoms. The summed E-state index contributed by atoms with van der Waals surface area (Å²) in [5.41, 5.74) is 5.80. The van der Waals surface area contributed by atoms with Crippen LogP contribution in [0.5, 0.6) is 0 Å². The summed E-state index contributed by atoms with van der Waals surface area (Å²) < 4.78 is 0. The van der Waals surface area contributed by atoms with E-state index >= 15 is 0 Å². The lowest BCUT2D eigenvalue weighted by molar-refractivity contribution is -0.122. The topological polar surface area (TPSA) is 58.4 Å². The van der Waals surface area contributed by atoms with Crippen molar-refractivity contribution in [3.8, 4) is 0 Å². The van der Waals surface area contributed by atoms with Crippen LogP contribution in [0.15, 0.2) is 0 Å². The van der Waals surface area contributed by atoms with Crippen LogP contribution in [0.1, 0.15) is 40.0 Å². The molecule has 1 atom stereocenters. The van der Waals surface area contributed by atoms with E-state index in [1.165, 1.54) is 12.8 Å². The van der Waals surface area contributed by atoms with Crippen LogP contribution < -0.4 is 11.1 Å². The average Bonchev–Trinajstić information content (AvgIpc) is 3.05. The van der Waals surface area contributed by atoms with Crippen molar-refractivity contribution in [3.05, 3.63) is 0 Å². The molecule has 17 heavy (non-hydrogen) atoms. The molecule has 1 aliphatic carbocycles. The van der Waals surface area contributed by atoms with Gasteiger partial charge in [-0.2, -0.15) is 0 Å². The summed E-state index contributed by atoms with van der Waals surface area (Å²) in [7, 11) is 0. The maximum atomic E-state index is 11.8. The number of rotatable bonds is 8. The second kappa shape index (κ2) is 6.97. The van der Waals surface area contributed by atoms with Crippen LogP contribution in [0, 0.1) is 5.92 Å². The van der Waals surface area contributed by atoms with Crippen molar-refractivity contribution in [2.75, 3.05) is 19.6 Å². The highest BCUT2D eigenvalue weighted by Crippen LogP contribution is 2.30. The largest absolute Gasteiger partial charge is 0.354 e. The highest BCUT2D eigenvalue weighted by atomic mass is 16.1. The molecule has 0 aromatic rings. The van der Waals surface area contributed by atoms with E-state index in [0.29, 0.717) is 13.0 Å². The van der Waals surface area contributed by atoms with Crippen molar-refractivity contribution >= 4 is 5.91 Å². The Morgan fingerprint density at radius 2 is 2.12 bits per heavy atom. The molecule has 0 saturated heterocycles. The van der Waals surface area contributed by atoms with Crippen LogP contribution in [-0.2, 0) is 4.79 Å². The van der Waals surface area contributed by atoms with Crippen molar-refractivity contribution in [1.82, 2.24) is 10.2 Å². The Labute approximate surface area is 105 Å². The average molecular weight is 241 g/mol. The third kappa shape index (κ3) is 5.50. The maximum absolute atomic E-state index is 11.8. The lowest BCUT2D eigenvalue weighted by Gasteiger charge is -2.29. The first-order valence-electron chi connectivity index (χ1n) is 6.80.